The van der Waals surface area contributed by atoms with Gasteiger partial charge in [0.05, 0.1) is 16.6 Å². The minimum Gasteiger partial charge on any atom is -0.481 e. The van der Waals surface area contributed by atoms with Gasteiger partial charge in [0, 0.05) is 34.3 Å². The first-order valence-electron chi connectivity index (χ1n) is 11.0. The van der Waals surface area contributed by atoms with Crippen LogP contribution in [0.2, 0.25) is 0 Å². The Bertz CT molecular complexity index is 1520. The zero-order chi connectivity index (χ0) is 22.4. The highest BCUT2D eigenvalue weighted by molar-refractivity contribution is 6.18. The van der Waals surface area contributed by atoms with Crippen LogP contribution in [-0.4, -0.2) is 27.9 Å². The van der Waals surface area contributed by atoms with Crippen LogP contribution in [0.3, 0.4) is 0 Å². The van der Waals surface area contributed by atoms with Gasteiger partial charge in [-0.25, -0.2) is 0 Å². The van der Waals surface area contributed by atoms with Crippen molar-refractivity contribution in [1.29, 1.82) is 0 Å². The summed E-state index contributed by atoms with van der Waals surface area (Å²) < 4.78 is 7.68. The molecule has 0 bridgehead atoms. The van der Waals surface area contributed by atoms with Gasteiger partial charge in [-0.05, 0) is 49.6 Å². The number of hydrogen-bond donors (Lipinski definition) is 1. The van der Waals surface area contributed by atoms with E-state index in [1.165, 1.54) is 0 Å². The zero-order valence-corrected chi connectivity index (χ0v) is 18.4. The fourth-order valence-corrected chi connectivity index (χ4v) is 4.31. The smallest absolute Gasteiger partial charge is 0.263 e. The van der Waals surface area contributed by atoms with Crippen LogP contribution in [0.5, 0.6) is 5.75 Å². The van der Waals surface area contributed by atoms with Gasteiger partial charge >= 0.3 is 0 Å². The lowest BCUT2D eigenvalue weighted by Gasteiger charge is -2.15. The van der Waals surface area contributed by atoms with Crippen molar-refractivity contribution in [3.63, 3.8) is 0 Å². The van der Waals surface area contributed by atoms with Gasteiger partial charge < -0.3 is 10.1 Å². The summed E-state index contributed by atoms with van der Waals surface area (Å²) >= 11 is 0. The number of aromatic nitrogens is 2. The number of rotatable bonds is 6. The second-order valence-electron chi connectivity index (χ2n) is 8.65. The molecule has 0 spiro atoms. The molecule has 2 aromatic carbocycles. The second-order valence-corrected chi connectivity index (χ2v) is 8.65. The molecule has 1 amide bonds. The predicted octanol–water partition coefficient (Wildman–Crippen LogP) is 4.52. The van der Waals surface area contributed by atoms with E-state index in [-0.39, 0.29) is 11.5 Å². The van der Waals surface area contributed by atoms with E-state index in [0.717, 1.165) is 39.1 Å². The minimum absolute atomic E-state index is 0.0623. The Morgan fingerprint density at radius 3 is 2.59 bits per heavy atom. The molecule has 5 rings (SSSR count). The Balaban J connectivity index is 1.58. The van der Waals surface area contributed by atoms with E-state index in [4.69, 9.17) is 4.74 Å². The summed E-state index contributed by atoms with van der Waals surface area (Å²) in [5, 5.41) is 6.25. The van der Waals surface area contributed by atoms with Crippen molar-refractivity contribution in [3.05, 3.63) is 65.1 Å². The number of ether oxygens (including phenoxy) is 1. The Hall–Kier alpha value is -3.67. The van der Waals surface area contributed by atoms with Crippen LogP contribution in [0.1, 0.15) is 27.2 Å². The monoisotopic (exact) mass is 427 g/mol. The first-order chi connectivity index (χ1) is 15.5. The SMILES string of the molecule is CC(C)CCNC(=O)[C@H](C)Oc1ccc2c(c1)c1ccnc3c4ccccc4c(=O)n2c13. The number of carbonyl (C=O) groups excluding carboxylic acids is 1. The van der Waals surface area contributed by atoms with Gasteiger partial charge in [-0.2, -0.15) is 0 Å². The molecule has 3 aromatic heterocycles. The van der Waals surface area contributed by atoms with E-state index in [9.17, 15) is 9.59 Å². The molecule has 0 fully saturated rings. The molecule has 0 unspecified atom stereocenters. The standard InChI is InChI=1S/C26H25N3O3/c1-15(2)10-12-28-25(30)16(3)32-17-8-9-22-21(14-17)19-11-13-27-23-18-6-4-5-7-20(18)26(31)29(22)24(19)23/h4-9,11,13-16H,10,12H2,1-3H3,(H,28,30)/t16-/m0/s1. The van der Waals surface area contributed by atoms with Gasteiger partial charge in [0.1, 0.15) is 5.75 Å². The molecule has 6 nitrogen and oxygen atoms in total. The van der Waals surface area contributed by atoms with Crippen LogP contribution in [0, 0.1) is 5.92 Å². The minimum atomic E-state index is -0.619. The van der Waals surface area contributed by atoms with E-state index >= 15 is 0 Å². The molecule has 0 aliphatic heterocycles. The lowest BCUT2D eigenvalue weighted by molar-refractivity contribution is -0.127. The average Bonchev–Trinajstić information content (AvgIpc) is 3.12. The molecular weight excluding hydrogens is 402 g/mol. The summed E-state index contributed by atoms with van der Waals surface area (Å²) in [5.41, 5.74) is 2.35. The van der Waals surface area contributed by atoms with Gasteiger partial charge in [-0.1, -0.05) is 32.0 Å². The Labute approximate surface area is 185 Å². The van der Waals surface area contributed by atoms with Crippen LogP contribution in [0.15, 0.2) is 59.5 Å². The normalized spacial score (nSPS) is 12.9. The topological polar surface area (TPSA) is 72.7 Å². The van der Waals surface area contributed by atoms with E-state index in [1.54, 1.807) is 17.5 Å². The average molecular weight is 428 g/mol. The molecule has 32 heavy (non-hydrogen) atoms. The van der Waals surface area contributed by atoms with Crippen molar-refractivity contribution in [2.75, 3.05) is 6.54 Å². The van der Waals surface area contributed by atoms with Gasteiger partial charge in [0.2, 0.25) is 0 Å². The van der Waals surface area contributed by atoms with Crippen LogP contribution in [0.25, 0.3) is 38.1 Å². The summed E-state index contributed by atoms with van der Waals surface area (Å²) in [4.78, 5) is 30.3. The van der Waals surface area contributed by atoms with Crippen molar-refractivity contribution < 1.29 is 9.53 Å². The van der Waals surface area contributed by atoms with Gasteiger partial charge in [0.15, 0.2) is 6.10 Å². The van der Waals surface area contributed by atoms with E-state index in [2.05, 4.69) is 24.1 Å². The summed E-state index contributed by atoms with van der Waals surface area (Å²) in [6, 6.07) is 15.1. The van der Waals surface area contributed by atoms with Crippen LogP contribution in [0.4, 0.5) is 0 Å². The Morgan fingerprint density at radius 2 is 1.81 bits per heavy atom. The quantitative estimate of drug-likeness (QED) is 0.404. The van der Waals surface area contributed by atoms with Gasteiger partial charge in [-0.3, -0.25) is 19.0 Å². The number of benzene rings is 2. The number of carbonyl (C=O) groups is 1. The first kappa shape index (κ1) is 20.2. The third kappa shape index (κ3) is 3.23. The molecule has 0 aliphatic carbocycles. The van der Waals surface area contributed by atoms with Crippen LogP contribution < -0.4 is 15.6 Å². The first-order valence-corrected chi connectivity index (χ1v) is 11.0. The highest BCUT2D eigenvalue weighted by Gasteiger charge is 2.19. The molecule has 162 valence electrons. The molecule has 5 aromatic rings. The number of hydrogen-bond acceptors (Lipinski definition) is 4. The third-order valence-electron chi connectivity index (χ3n) is 5.97. The molecule has 6 heteroatoms. The largest absolute Gasteiger partial charge is 0.481 e. The molecule has 1 N–H and O–H groups in total. The van der Waals surface area contributed by atoms with Crippen LogP contribution in [-0.2, 0) is 4.79 Å². The number of pyridine rings is 2. The molecule has 0 aliphatic rings. The van der Waals surface area contributed by atoms with Crippen molar-refractivity contribution in [1.82, 2.24) is 14.7 Å². The number of nitrogens with one attached hydrogen (secondary N) is 1. The lowest BCUT2D eigenvalue weighted by Crippen LogP contribution is -2.37. The van der Waals surface area contributed by atoms with Gasteiger partial charge in [-0.15, -0.1) is 0 Å². The fraction of sp³-hybridized carbons (Fsp3) is 0.269. The van der Waals surface area contributed by atoms with E-state index in [0.29, 0.717) is 23.6 Å². The highest BCUT2D eigenvalue weighted by atomic mass is 16.5. The van der Waals surface area contributed by atoms with E-state index < -0.39 is 6.10 Å². The number of nitrogens with zero attached hydrogens (tertiary/aromatic N) is 2. The molecule has 0 saturated carbocycles. The maximum absolute atomic E-state index is 13.3. The van der Waals surface area contributed by atoms with Crippen molar-refractivity contribution in [2.24, 2.45) is 5.92 Å². The summed E-state index contributed by atoms with van der Waals surface area (Å²) in [5.74, 6) is 0.982. The Morgan fingerprint density at radius 1 is 1.03 bits per heavy atom. The third-order valence-corrected chi connectivity index (χ3v) is 5.97. The molecule has 0 radical (unpaired) electrons. The summed E-state index contributed by atoms with van der Waals surface area (Å²) in [6.45, 7) is 6.63. The fourth-order valence-electron chi connectivity index (χ4n) is 4.31. The maximum atomic E-state index is 13.3. The molecule has 3 heterocycles. The van der Waals surface area contributed by atoms with Crippen molar-refractivity contribution in [3.8, 4) is 5.75 Å². The Kier molecular flexibility index (Phi) is 4.93. The van der Waals surface area contributed by atoms with E-state index in [1.807, 2.05) is 48.5 Å². The predicted molar refractivity (Wildman–Crippen MR) is 128 cm³/mol. The summed E-state index contributed by atoms with van der Waals surface area (Å²) in [7, 11) is 0. The number of fused-ring (bicyclic) bond motifs is 5. The summed E-state index contributed by atoms with van der Waals surface area (Å²) in [6.07, 6.45) is 2.08. The highest BCUT2D eigenvalue weighted by Crippen LogP contribution is 2.34. The van der Waals surface area contributed by atoms with Crippen molar-refractivity contribution in [2.45, 2.75) is 33.3 Å². The maximum Gasteiger partial charge on any atom is 0.263 e. The molecule has 1 atom stereocenters. The zero-order valence-electron chi connectivity index (χ0n) is 18.4. The van der Waals surface area contributed by atoms with Gasteiger partial charge in [0.25, 0.3) is 11.5 Å². The number of amides is 1. The van der Waals surface area contributed by atoms with Crippen LogP contribution >= 0.6 is 0 Å². The molecular formula is C26H25N3O3. The lowest BCUT2D eigenvalue weighted by atomic mass is 10.1. The van der Waals surface area contributed by atoms with Crippen molar-refractivity contribution >= 4 is 44.0 Å². The second kappa shape index (κ2) is 7.79. The molecule has 0 saturated heterocycles.